The van der Waals surface area contributed by atoms with Crippen molar-refractivity contribution in [3.63, 3.8) is 0 Å². The van der Waals surface area contributed by atoms with E-state index in [4.69, 9.17) is 27.9 Å². The van der Waals surface area contributed by atoms with Crippen molar-refractivity contribution >= 4 is 46.7 Å². The largest absolute Gasteiger partial charge is 0.391 e. The standard InChI is InChI=1S/C23H28Cl2N4O5/c1-13-21(32)29-15(9-19(31)27-7-6-23(4-5-23)18(30)10-27)12-34-20(29)11-28(13)22(33)26-14-2-3-16(24)17(25)8-14/h2-3,8,13,15,18,20,30H,4-7,9-12H2,1H3,(H,26,33). The molecular weight excluding hydrogens is 483 g/mol. The van der Waals surface area contributed by atoms with Gasteiger partial charge in [0.05, 0.1) is 35.3 Å². The first-order chi connectivity index (χ1) is 16.2. The second-order valence-electron chi connectivity index (χ2n) is 9.75. The average Bonchev–Trinajstić information content (AvgIpc) is 3.48. The summed E-state index contributed by atoms with van der Waals surface area (Å²) in [5.41, 5.74) is 0.492. The van der Waals surface area contributed by atoms with Gasteiger partial charge in [0.25, 0.3) is 0 Å². The number of aliphatic hydroxyl groups excluding tert-OH is 1. The summed E-state index contributed by atoms with van der Waals surface area (Å²) in [5, 5.41) is 13.9. The third-order valence-electron chi connectivity index (χ3n) is 7.68. The SMILES string of the molecule is CC1C(=O)N2C(CC(=O)N3CCC4(CC4)C(O)C3)COC2CN1C(=O)Nc1ccc(Cl)c(Cl)c1. The van der Waals surface area contributed by atoms with Gasteiger partial charge in [0.15, 0.2) is 6.23 Å². The highest BCUT2D eigenvalue weighted by molar-refractivity contribution is 6.42. The Hall–Kier alpha value is -2.07. The van der Waals surface area contributed by atoms with E-state index >= 15 is 0 Å². The fourth-order valence-electron chi connectivity index (χ4n) is 5.26. The number of aliphatic hydroxyl groups is 1. The molecule has 4 atom stereocenters. The molecule has 11 heteroatoms. The van der Waals surface area contributed by atoms with Gasteiger partial charge in [0.2, 0.25) is 11.8 Å². The van der Waals surface area contributed by atoms with Crippen LogP contribution in [0.2, 0.25) is 10.0 Å². The third kappa shape index (κ3) is 4.23. The number of amides is 4. The maximum atomic E-state index is 13.2. The van der Waals surface area contributed by atoms with Crippen LogP contribution in [-0.4, -0.2) is 88.3 Å². The molecule has 3 aliphatic heterocycles. The van der Waals surface area contributed by atoms with Gasteiger partial charge in [-0.3, -0.25) is 9.59 Å². The Morgan fingerprint density at radius 1 is 1.21 bits per heavy atom. The van der Waals surface area contributed by atoms with Crippen molar-refractivity contribution < 1.29 is 24.2 Å². The van der Waals surface area contributed by atoms with Crippen LogP contribution in [0.25, 0.3) is 0 Å². The summed E-state index contributed by atoms with van der Waals surface area (Å²) in [7, 11) is 0. The number of anilines is 1. The number of halogens is 2. The lowest BCUT2D eigenvalue weighted by Crippen LogP contribution is -2.63. The summed E-state index contributed by atoms with van der Waals surface area (Å²) in [4.78, 5) is 43.8. The smallest absolute Gasteiger partial charge is 0.322 e. The summed E-state index contributed by atoms with van der Waals surface area (Å²) in [6.45, 7) is 3.08. The normalized spacial score (nSPS) is 29.9. The van der Waals surface area contributed by atoms with E-state index in [0.29, 0.717) is 28.8 Å². The number of piperazine rings is 1. The van der Waals surface area contributed by atoms with Crippen LogP contribution in [0.1, 0.15) is 32.6 Å². The number of likely N-dealkylation sites (tertiary alicyclic amines) is 1. The molecule has 2 N–H and O–H groups in total. The first-order valence-electron chi connectivity index (χ1n) is 11.6. The quantitative estimate of drug-likeness (QED) is 0.650. The first-order valence-corrected chi connectivity index (χ1v) is 12.4. The molecule has 184 valence electrons. The van der Waals surface area contributed by atoms with Crippen molar-refractivity contribution in [2.45, 2.75) is 57.0 Å². The summed E-state index contributed by atoms with van der Waals surface area (Å²) < 4.78 is 5.83. The molecule has 1 saturated carbocycles. The van der Waals surface area contributed by atoms with E-state index in [1.54, 1.807) is 34.9 Å². The van der Waals surface area contributed by atoms with Gasteiger partial charge in [-0.05, 0) is 49.8 Å². The number of carbonyl (C=O) groups excluding carboxylic acids is 3. The van der Waals surface area contributed by atoms with Crippen molar-refractivity contribution in [1.29, 1.82) is 0 Å². The summed E-state index contributed by atoms with van der Waals surface area (Å²) in [5.74, 6) is -0.338. The molecule has 4 unspecified atom stereocenters. The number of β-amino-alcohol motifs (C(OH)–C–C–N with tert-alkyl or cyclic N) is 1. The van der Waals surface area contributed by atoms with Crippen LogP contribution < -0.4 is 5.32 Å². The zero-order valence-corrected chi connectivity index (χ0v) is 20.4. The number of urea groups is 1. The predicted octanol–water partition coefficient (Wildman–Crippen LogP) is 2.55. The van der Waals surface area contributed by atoms with Crippen molar-refractivity contribution in [2.75, 3.05) is 31.6 Å². The zero-order valence-electron chi connectivity index (χ0n) is 18.9. The fourth-order valence-corrected chi connectivity index (χ4v) is 5.56. The van der Waals surface area contributed by atoms with E-state index in [2.05, 4.69) is 5.32 Å². The van der Waals surface area contributed by atoms with Gasteiger partial charge in [-0.25, -0.2) is 4.79 Å². The van der Waals surface area contributed by atoms with Gasteiger partial charge in [-0.2, -0.15) is 0 Å². The monoisotopic (exact) mass is 510 g/mol. The second-order valence-corrected chi connectivity index (χ2v) is 10.6. The van der Waals surface area contributed by atoms with Crippen LogP contribution in [0.4, 0.5) is 10.5 Å². The molecule has 0 bridgehead atoms. The third-order valence-corrected chi connectivity index (χ3v) is 8.42. The van der Waals surface area contributed by atoms with Gasteiger partial charge in [0, 0.05) is 25.2 Å². The number of hydrogen-bond acceptors (Lipinski definition) is 5. The maximum Gasteiger partial charge on any atom is 0.322 e. The highest BCUT2D eigenvalue weighted by Crippen LogP contribution is 2.53. The zero-order chi connectivity index (χ0) is 24.2. The molecule has 4 fully saturated rings. The Balaban J connectivity index is 1.20. The lowest BCUT2D eigenvalue weighted by atomic mass is 9.90. The molecule has 1 spiro atoms. The van der Waals surface area contributed by atoms with E-state index in [1.165, 1.54) is 4.90 Å². The molecule has 1 aromatic carbocycles. The number of piperidine rings is 1. The molecule has 9 nitrogen and oxygen atoms in total. The molecule has 3 saturated heterocycles. The van der Waals surface area contributed by atoms with Gasteiger partial charge < -0.3 is 29.9 Å². The molecule has 0 aromatic heterocycles. The molecule has 3 heterocycles. The molecular formula is C23H28Cl2N4O5. The molecule has 5 rings (SSSR count). The molecule has 4 aliphatic rings. The number of nitrogens with zero attached hydrogens (tertiary/aromatic N) is 3. The average molecular weight is 511 g/mol. The first kappa shape index (κ1) is 23.7. The van der Waals surface area contributed by atoms with E-state index < -0.39 is 24.4 Å². The number of ether oxygens (including phenoxy) is 1. The van der Waals surface area contributed by atoms with Crippen LogP contribution in [0.15, 0.2) is 18.2 Å². The van der Waals surface area contributed by atoms with Crippen LogP contribution in [0.3, 0.4) is 0 Å². The highest BCUT2D eigenvalue weighted by Gasteiger charge is 2.52. The summed E-state index contributed by atoms with van der Waals surface area (Å²) in [6.07, 6.45) is 1.95. The van der Waals surface area contributed by atoms with E-state index in [1.807, 2.05) is 0 Å². The molecule has 1 aromatic rings. The van der Waals surface area contributed by atoms with E-state index in [9.17, 15) is 19.5 Å². The van der Waals surface area contributed by atoms with Crippen molar-refractivity contribution in [2.24, 2.45) is 5.41 Å². The van der Waals surface area contributed by atoms with E-state index in [0.717, 1.165) is 19.3 Å². The Morgan fingerprint density at radius 2 is 1.97 bits per heavy atom. The Bertz CT molecular complexity index is 1020. The number of hydrogen-bond donors (Lipinski definition) is 2. The number of rotatable bonds is 3. The highest BCUT2D eigenvalue weighted by atomic mass is 35.5. The van der Waals surface area contributed by atoms with Gasteiger partial charge in [0.1, 0.15) is 6.04 Å². The topological polar surface area (TPSA) is 102 Å². The molecule has 0 radical (unpaired) electrons. The van der Waals surface area contributed by atoms with E-state index in [-0.39, 0.29) is 42.8 Å². The minimum atomic E-state index is -0.718. The van der Waals surface area contributed by atoms with Crippen LogP contribution in [-0.2, 0) is 14.3 Å². The molecule has 34 heavy (non-hydrogen) atoms. The van der Waals surface area contributed by atoms with Gasteiger partial charge in [-0.1, -0.05) is 23.2 Å². The Labute approximate surface area is 207 Å². The minimum absolute atomic E-state index is 0.0258. The van der Waals surface area contributed by atoms with Crippen LogP contribution in [0, 0.1) is 5.41 Å². The van der Waals surface area contributed by atoms with Crippen molar-refractivity contribution in [1.82, 2.24) is 14.7 Å². The van der Waals surface area contributed by atoms with Gasteiger partial charge >= 0.3 is 6.03 Å². The predicted molar refractivity (Wildman–Crippen MR) is 126 cm³/mol. The second kappa shape index (κ2) is 8.86. The lowest BCUT2D eigenvalue weighted by molar-refractivity contribution is -0.151. The number of benzene rings is 1. The van der Waals surface area contributed by atoms with Crippen LogP contribution in [0.5, 0.6) is 0 Å². The maximum absolute atomic E-state index is 13.2. The molecule has 1 aliphatic carbocycles. The fraction of sp³-hybridized carbons (Fsp3) is 0.609. The van der Waals surface area contributed by atoms with Crippen molar-refractivity contribution in [3.8, 4) is 0 Å². The summed E-state index contributed by atoms with van der Waals surface area (Å²) in [6, 6.07) is 3.20. The molecule has 4 amide bonds. The van der Waals surface area contributed by atoms with Crippen LogP contribution >= 0.6 is 23.2 Å². The summed E-state index contributed by atoms with van der Waals surface area (Å²) >= 11 is 12.0. The number of fused-ring (bicyclic) bond motifs is 1. The van der Waals surface area contributed by atoms with Gasteiger partial charge in [-0.15, -0.1) is 0 Å². The number of carbonyl (C=O) groups is 3. The van der Waals surface area contributed by atoms with Crippen molar-refractivity contribution in [3.05, 3.63) is 28.2 Å². The Morgan fingerprint density at radius 3 is 2.65 bits per heavy atom. The number of nitrogens with one attached hydrogen (secondary N) is 1. The minimum Gasteiger partial charge on any atom is -0.391 e. The Kier molecular flexibility index (Phi) is 6.16. The lowest BCUT2D eigenvalue weighted by Gasteiger charge is -2.42.